The highest BCUT2D eigenvalue weighted by atomic mass is 15.1. The van der Waals surface area contributed by atoms with Crippen molar-refractivity contribution < 1.29 is 0 Å². The quantitative estimate of drug-likeness (QED) is 0.133. The first-order valence-electron chi connectivity index (χ1n) is 26.0. The minimum atomic E-state index is 0.293. The van der Waals surface area contributed by atoms with Gasteiger partial charge in [-0.1, -0.05) is 212 Å². The SMILES string of the molecule is C1=CC(c2ccc(N(c3ccc(-c4ccc(-c5ccc(-n6c7ccccc7c7ccccc76)cc5)cc4)cc3)c3ccccc3-c3ccccc3)cc2)CC=C1c1ccc(-n2c3ccccc3c3ccccc32)cc1. The summed E-state index contributed by atoms with van der Waals surface area (Å²) in [5, 5.41) is 5.11. The predicted octanol–water partition coefficient (Wildman–Crippen LogP) is 19.5. The molecule has 0 aliphatic heterocycles. The lowest BCUT2D eigenvalue weighted by atomic mass is 9.88. The zero-order chi connectivity index (χ0) is 49.7. The standard InChI is InChI=1S/C72H51N3/c1-2-14-58(15-3-1)63-16-4-9-21-68(63)73(59-42-34-54(35-43-59)50-26-30-52(31-27-50)56-38-46-61(47-39-56)74-69-22-10-5-17-64(69)65-18-6-11-23-70(65)74)60-44-36-55(37-45-60)51-28-32-53(33-29-51)57-40-48-62(49-41-57)75-71-24-12-7-19-66(71)67-20-8-13-25-72(67)75/h1-28,30-49,51H,29H2. The third-order valence-electron chi connectivity index (χ3n) is 15.3. The maximum atomic E-state index is 2.40. The largest absolute Gasteiger partial charge is 0.310 e. The zero-order valence-corrected chi connectivity index (χ0v) is 41.3. The number of para-hydroxylation sites is 5. The van der Waals surface area contributed by atoms with Gasteiger partial charge in [-0.05, 0) is 130 Å². The summed E-state index contributed by atoms with van der Waals surface area (Å²) in [4.78, 5) is 2.40. The molecule has 354 valence electrons. The van der Waals surface area contributed by atoms with Gasteiger partial charge in [0, 0.05) is 55.8 Å². The molecule has 0 radical (unpaired) electrons. The Bertz CT molecular complexity index is 4160. The Hall–Kier alpha value is -9.70. The van der Waals surface area contributed by atoms with Gasteiger partial charge in [0.15, 0.2) is 0 Å². The fraction of sp³-hybridized carbons (Fsp3) is 0.0278. The molecule has 75 heavy (non-hydrogen) atoms. The van der Waals surface area contributed by atoms with Crippen LogP contribution in [0.5, 0.6) is 0 Å². The molecule has 3 heteroatoms. The van der Waals surface area contributed by atoms with Gasteiger partial charge in [0.25, 0.3) is 0 Å². The number of hydrogen-bond donors (Lipinski definition) is 0. The third-order valence-corrected chi connectivity index (χ3v) is 15.3. The summed E-state index contributed by atoms with van der Waals surface area (Å²) in [7, 11) is 0. The van der Waals surface area contributed by atoms with E-state index in [1.165, 1.54) is 99.4 Å². The molecule has 0 saturated heterocycles. The summed E-state index contributed by atoms with van der Waals surface area (Å²) >= 11 is 0. The van der Waals surface area contributed by atoms with Crippen LogP contribution in [-0.2, 0) is 0 Å². The first kappa shape index (κ1) is 44.0. The van der Waals surface area contributed by atoms with E-state index >= 15 is 0 Å². The van der Waals surface area contributed by atoms with Crippen molar-refractivity contribution in [2.45, 2.75) is 12.3 Å². The van der Waals surface area contributed by atoms with E-state index in [9.17, 15) is 0 Å². The van der Waals surface area contributed by atoms with Crippen molar-refractivity contribution in [2.75, 3.05) is 4.90 Å². The van der Waals surface area contributed by atoms with Gasteiger partial charge in [0.1, 0.15) is 0 Å². The fourth-order valence-electron chi connectivity index (χ4n) is 11.6. The van der Waals surface area contributed by atoms with Crippen LogP contribution in [0.25, 0.3) is 93.9 Å². The van der Waals surface area contributed by atoms with Gasteiger partial charge in [-0.15, -0.1) is 0 Å². The molecular weight excluding hydrogens is 907 g/mol. The van der Waals surface area contributed by atoms with Crippen LogP contribution in [0.15, 0.2) is 291 Å². The number of fused-ring (bicyclic) bond motifs is 6. The molecule has 1 aliphatic carbocycles. The first-order chi connectivity index (χ1) is 37.2. The molecule has 0 N–H and O–H groups in total. The molecule has 1 aliphatic rings. The van der Waals surface area contributed by atoms with Gasteiger partial charge in [0.2, 0.25) is 0 Å². The normalized spacial score (nSPS) is 13.4. The smallest absolute Gasteiger partial charge is 0.0541 e. The van der Waals surface area contributed by atoms with Crippen LogP contribution < -0.4 is 4.90 Å². The van der Waals surface area contributed by atoms with E-state index < -0.39 is 0 Å². The molecule has 13 aromatic rings. The molecule has 2 heterocycles. The Balaban J connectivity index is 0.715. The van der Waals surface area contributed by atoms with E-state index in [1.54, 1.807) is 0 Å². The second-order valence-corrected chi connectivity index (χ2v) is 19.6. The average Bonchev–Trinajstić information content (AvgIpc) is 4.01. The average molecular weight is 958 g/mol. The van der Waals surface area contributed by atoms with Gasteiger partial charge in [-0.25, -0.2) is 0 Å². The van der Waals surface area contributed by atoms with Crippen LogP contribution in [0.1, 0.15) is 23.5 Å². The van der Waals surface area contributed by atoms with Gasteiger partial charge >= 0.3 is 0 Å². The van der Waals surface area contributed by atoms with Crippen molar-refractivity contribution in [2.24, 2.45) is 0 Å². The zero-order valence-electron chi connectivity index (χ0n) is 41.3. The maximum absolute atomic E-state index is 2.40. The summed E-state index contributed by atoms with van der Waals surface area (Å²) in [6.07, 6.45) is 8.03. The second kappa shape index (κ2) is 18.7. The molecule has 0 amide bonds. The van der Waals surface area contributed by atoms with Gasteiger partial charge in [-0.3, -0.25) is 0 Å². The summed E-state index contributed by atoms with van der Waals surface area (Å²) in [5.74, 6) is 0.293. The van der Waals surface area contributed by atoms with Crippen molar-refractivity contribution >= 4 is 66.2 Å². The van der Waals surface area contributed by atoms with Crippen LogP contribution in [0.3, 0.4) is 0 Å². The lowest BCUT2D eigenvalue weighted by Crippen LogP contribution is -2.11. The van der Waals surface area contributed by atoms with Crippen LogP contribution in [0.4, 0.5) is 17.1 Å². The van der Waals surface area contributed by atoms with Crippen LogP contribution in [0.2, 0.25) is 0 Å². The molecule has 2 aromatic heterocycles. The van der Waals surface area contributed by atoms with Crippen molar-refractivity contribution in [1.82, 2.24) is 9.13 Å². The van der Waals surface area contributed by atoms with Gasteiger partial charge < -0.3 is 14.0 Å². The second-order valence-electron chi connectivity index (χ2n) is 19.6. The molecule has 0 bridgehead atoms. The molecule has 3 nitrogen and oxygen atoms in total. The number of allylic oxidation sites excluding steroid dienone is 4. The van der Waals surface area contributed by atoms with E-state index in [1.807, 2.05) is 0 Å². The summed E-state index contributed by atoms with van der Waals surface area (Å²) in [6, 6.07) is 99.4. The molecule has 0 saturated carbocycles. The highest BCUT2D eigenvalue weighted by Gasteiger charge is 2.20. The van der Waals surface area contributed by atoms with E-state index in [0.717, 1.165) is 29.2 Å². The minimum absolute atomic E-state index is 0.293. The van der Waals surface area contributed by atoms with Crippen molar-refractivity contribution in [3.8, 4) is 44.8 Å². The summed E-state index contributed by atoms with van der Waals surface area (Å²) in [5.41, 5.74) is 21.5. The minimum Gasteiger partial charge on any atom is -0.310 e. The Morgan fingerprint density at radius 2 is 0.707 bits per heavy atom. The Kier molecular flexibility index (Phi) is 11.0. The lowest BCUT2D eigenvalue weighted by molar-refractivity contribution is 0.856. The van der Waals surface area contributed by atoms with Crippen molar-refractivity contribution in [3.05, 3.63) is 302 Å². The predicted molar refractivity (Wildman–Crippen MR) is 317 cm³/mol. The highest BCUT2D eigenvalue weighted by molar-refractivity contribution is 6.10. The molecule has 1 unspecified atom stereocenters. The van der Waals surface area contributed by atoms with Crippen LogP contribution >= 0.6 is 0 Å². The number of hydrogen-bond acceptors (Lipinski definition) is 1. The number of nitrogens with zero attached hydrogens (tertiary/aromatic N) is 3. The lowest BCUT2D eigenvalue weighted by Gasteiger charge is -2.28. The maximum Gasteiger partial charge on any atom is 0.0541 e. The third kappa shape index (κ3) is 7.94. The summed E-state index contributed by atoms with van der Waals surface area (Å²) < 4.78 is 4.75. The molecule has 1 atom stereocenters. The van der Waals surface area contributed by atoms with E-state index in [0.29, 0.717) is 5.92 Å². The number of benzene rings is 11. The van der Waals surface area contributed by atoms with Crippen molar-refractivity contribution in [3.63, 3.8) is 0 Å². The molecule has 0 spiro atoms. The highest BCUT2D eigenvalue weighted by Crippen LogP contribution is 2.43. The van der Waals surface area contributed by atoms with Gasteiger partial charge in [0.05, 0.1) is 27.8 Å². The molecule has 0 fully saturated rings. The molecule has 14 rings (SSSR count). The van der Waals surface area contributed by atoms with Crippen molar-refractivity contribution in [1.29, 1.82) is 0 Å². The van der Waals surface area contributed by atoms with E-state index in [-0.39, 0.29) is 0 Å². The van der Waals surface area contributed by atoms with Crippen LogP contribution in [0, 0.1) is 0 Å². The Morgan fingerprint density at radius 1 is 0.320 bits per heavy atom. The first-order valence-corrected chi connectivity index (χ1v) is 26.0. The van der Waals surface area contributed by atoms with E-state index in [2.05, 4.69) is 305 Å². The van der Waals surface area contributed by atoms with Gasteiger partial charge in [-0.2, -0.15) is 0 Å². The topological polar surface area (TPSA) is 13.1 Å². The molecular formula is C72H51N3. The molecule has 11 aromatic carbocycles. The van der Waals surface area contributed by atoms with Crippen LogP contribution in [-0.4, -0.2) is 9.13 Å². The Morgan fingerprint density at radius 3 is 1.17 bits per heavy atom. The fourth-order valence-corrected chi connectivity index (χ4v) is 11.6. The summed E-state index contributed by atoms with van der Waals surface area (Å²) in [6.45, 7) is 0. The monoisotopic (exact) mass is 957 g/mol. The van der Waals surface area contributed by atoms with E-state index in [4.69, 9.17) is 0 Å². The number of rotatable bonds is 10. The number of aromatic nitrogens is 2. The number of anilines is 3. The Labute approximate surface area is 437 Å².